The van der Waals surface area contributed by atoms with Gasteiger partial charge in [0, 0.05) is 18.7 Å². The van der Waals surface area contributed by atoms with Crippen LogP contribution in [0.5, 0.6) is 0 Å². The minimum absolute atomic E-state index is 0.255. The molecule has 0 aromatic rings. The number of amides is 1. The largest absolute Gasteiger partial charge is 0.449 e. The Labute approximate surface area is 96.5 Å². The number of nitriles is 1. The van der Waals surface area contributed by atoms with Crippen molar-refractivity contribution in [3.05, 3.63) is 11.1 Å². The molecule has 1 aliphatic rings. The fraction of sp³-hybridized carbons (Fsp3) is 0.667. The molecule has 1 fully saturated rings. The molecule has 1 amide bonds. The maximum absolute atomic E-state index is 11.6. The van der Waals surface area contributed by atoms with E-state index in [1.807, 2.05) is 0 Å². The Morgan fingerprint density at radius 3 is 3.00 bits per heavy atom. The van der Waals surface area contributed by atoms with E-state index in [1.54, 1.807) is 11.8 Å². The summed E-state index contributed by atoms with van der Waals surface area (Å²) < 4.78 is 5.11. The van der Waals surface area contributed by atoms with Crippen LogP contribution in [0.1, 0.15) is 33.1 Å². The van der Waals surface area contributed by atoms with Gasteiger partial charge in [-0.05, 0) is 25.3 Å². The van der Waals surface area contributed by atoms with Crippen LogP contribution in [-0.2, 0) is 4.74 Å². The van der Waals surface area contributed by atoms with Crippen LogP contribution in [0.2, 0.25) is 0 Å². The molecule has 0 bridgehead atoms. The number of hydrogen-bond acceptors (Lipinski definition) is 3. The SMILES string of the molecule is CCCCOC(=O)N1CC/C(=C(\C)C#N)C1. The van der Waals surface area contributed by atoms with Crippen molar-refractivity contribution in [3.63, 3.8) is 0 Å². The van der Waals surface area contributed by atoms with Crippen LogP contribution in [0.25, 0.3) is 0 Å². The lowest BCUT2D eigenvalue weighted by atomic mass is 10.1. The first-order valence-electron chi connectivity index (χ1n) is 5.69. The lowest BCUT2D eigenvalue weighted by Crippen LogP contribution is -2.28. The maximum Gasteiger partial charge on any atom is 0.410 e. The highest BCUT2D eigenvalue weighted by Crippen LogP contribution is 2.19. The number of hydrogen-bond donors (Lipinski definition) is 0. The van der Waals surface area contributed by atoms with Crippen molar-refractivity contribution in [2.24, 2.45) is 0 Å². The molecular formula is C12H18N2O2. The zero-order valence-corrected chi connectivity index (χ0v) is 9.95. The van der Waals surface area contributed by atoms with Crippen LogP contribution in [-0.4, -0.2) is 30.7 Å². The smallest absolute Gasteiger partial charge is 0.410 e. The van der Waals surface area contributed by atoms with Crippen LogP contribution in [0.15, 0.2) is 11.1 Å². The second-order valence-electron chi connectivity index (χ2n) is 3.98. The van der Waals surface area contributed by atoms with Gasteiger partial charge in [0.15, 0.2) is 0 Å². The van der Waals surface area contributed by atoms with Crippen molar-refractivity contribution in [2.75, 3.05) is 19.7 Å². The molecule has 0 unspecified atom stereocenters. The molecule has 1 rings (SSSR count). The Hall–Kier alpha value is -1.50. The molecule has 0 atom stereocenters. The van der Waals surface area contributed by atoms with E-state index >= 15 is 0 Å². The van der Waals surface area contributed by atoms with Gasteiger partial charge in [-0.3, -0.25) is 0 Å². The predicted octanol–water partition coefficient (Wildman–Crippen LogP) is 2.47. The summed E-state index contributed by atoms with van der Waals surface area (Å²) in [5.41, 5.74) is 1.78. The third-order valence-electron chi connectivity index (χ3n) is 2.74. The van der Waals surface area contributed by atoms with Gasteiger partial charge in [-0.15, -0.1) is 0 Å². The van der Waals surface area contributed by atoms with Crippen molar-refractivity contribution in [1.29, 1.82) is 5.26 Å². The molecule has 4 heteroatoms. The lowest BCUT2D eigenvalue weighted by molar-refractivity contribution is 0.110. The van der Waals surface area contributed by atoms with Gasteiger partial charge in [-0.1, -0.05) is 13.3 Å². The topological polar surface area (TPSA) is 53.3 Å². The molecule has 1 aliphatic heterocycles. The van der Waals surface area contributed by atoms with E-state index in [-0.39, 0.29) is 6.09 Å². The second kappa shape index (κ2) is 6.16. The minimum atomic E-state index is -0.255. The lowest BCUT2D eigenvalue weighted by Gasteiger charge is -2.14. The molecule has 0 radical (unpaired) electrons. The summed E-state index contributed by atoms with van der Waals surface area (Å²) in [4.78, 5) is 13.2. The zero-order valence-electron chi connectivity index (χ0n) is 9.95. The molecule has 1 saturated heterocycles. The molecule has 88 valence electrons. The average Bonchev–Trinajstić information content (AvgIpc) is 2.77. The molecule has 0 aromatic heterocycles. The fourth-order valence-electron chi connectivity index (χ4n) is 1.59. The van der Waals surface area contributed by atoms with E-state index in [0.29, 0.717) is 19.7 Å². The quantitative estimate of drug-likeness (QED) is 0.544. The van der Waals surface area contributed by atoms with Crippen LogP contribution >= 0.6 is 0 Å². The summed E-state index contributed by atoms with van der Waals surface area (Å²) in [6, 6.07) is 2.12. The van der Waals surface area contributed by atoms with Crippen LogP contribution in [0.4, 0.5) is 4.79 Å². The molecule has 0 N–H and O–H groups in total. The average molecular weight is 222 g/mol. The van der Waals surface area contributed by atoms with Gasteiger partial charge in [0.25, 0.3) is 0 Å². The van der Waals surface area contributed by atoms with E-state index in [1.165, 1.54) is 0 Å². The van der Waals surface area contributed by atoms with Crippen molar-refractivity contribution >= 4 is 6.09 Å². The molecule has 0 saturated carbocycles. The van der Waals surface area contributed by atoms with Gasteiger partial charge in [-0.25, -0.2) is 4.79 Å². The number of unbranched alkanes of at least 4 members (excludes halogenated alkanes) is 1. The van der Waals surface area contributed by atoms with Crippen molar-refractivity contribution in [3.8, 4) is 6.07 Å². The first kappa shape index (κ1) is 12.6. The highest BCUT2D eigenvalue weighted by molar-refractivity contribution is 5.68. The predicted molar refractivity (Wildman–Crippen MR) is 60.8 cm³/mol. The standard InChI is InChI=1S/C12H18N2O2/c1-3-4-7-16-12(15)14-6-5-11(9-14)10(2)8-13/h3-7,9H2,1-2H3/b11-10-. The molecule has 1 heterocycles. The summed E-state index contributed by atoms with van der Waals surface area (Å²) >= 11 is 0. The first-order valence-corrected chi connectivity index (χ1v) is 5.69. The Morgan fingerprint density at radius 2 is 2.38 bits per heavy atom. The molecular weight excluding hydrogens is 204 g/mol. The van der Waals surface area contributed by atoms with Gasteiger partial charge >= 0.3 is 6.09 Å². The van der Waals surface area contributed by atoms with Crippen LogP contribution in [0.3, 0.4) is 0 Å². The minimum Gasteiger partial charge on any atom is -0.449 e. The number of nitrogens with zero attached hydrogens (tertiary/aromatic N) is 2. The molecule has 16 heavy (non-hydrogen) atoms. The van der Waals surface area contributed by atoms with Crippen molar-refractivity contribution < 1.29 is 9.53 Å². The maximum atomic E-state index is 11.6. The second-order valence-corrected chi connectivity index (χ2v) is 3.98. The first-order chi connectivity index (χ1) is 7.69. The number of likely N-dealkylation sites (tertiary alicyclic amines) is 1. The number of carbonyl (C=O) groups excluding carboxylic acids is 1. The van der Waals surface area contributed by atoms with E-state index in [2.05, 4.69) is 13.0 Å². The molecule has 0 spiro atoms. The fourth-order valence-corrected chi connectivity index (χ4v) is 1.59. The highest BCUT2D eigenvalue weighted by Gasteiger charge is 2.23. The number of ether oxygens (including phenoxy) is 1. The third kappa shape index (κ3) is 3.27. The summed E-state index contributed by atoms with van der Waals surface area (Å²) in [6.07, 6.45) is 2.46. The summed E-state index contributed by atoms with van der Waals surface area (Å²) in [7, 11) is 0. The normalized spacial score (nSPS) is 18.2. The molecule has 0 aliphatic carbocycles. The van der Waals surface area contributed by atoms with Gasteiger partial charge in [0.05, 0.1) is 12.7 Å². The number of rotatable bonds is 3. The summed E-state index contributed by atoms with van der Waals surface area (Å²) in [5.74, 6) is 0. The monoisotopic (exact) mass is 222 g/mol. The Balaban J connectivity index is 2.42. The van der Waals surface area contributed by atoms with E-state index in [9.17, 15) is 4.79 Å². The zero-order chi connectivity index (χ0) is 12.0. The van der Waals surface area contributed by atoms with Gasteiger partial charge in [0.1, 0.15) is 0 Å². The Morgan fingerprint density at radius 1 is 1.62 bits per heavy atom. The Bertz CT molecular complexity index is 328. The third-order valence-corrected chi connectivity index (χ3v) is 2.74. The van der Waals surface area contributed by atoms with Gasteiger partial charge in [0.2, 0.25) is 0 Å². The Kier molecular flexibility index (Phi) is 4.84. The number of carbonyl (C=O) groups is 1. The van der Waals surface area contributed by atoms with Crippen LogP contribution < -0.4 is 0 Å². The van der Waals surface area contributed by atoms with Gasteiger partial charge in [-0.2, -0.15) is 5.26 Å². The molecule has 0 aromatic carbocycles. The van der Waals surface area contributed by atoms with Crippen LogP contribution in [0, 0.1) is 11.3 Å². The van der Waals surface area contributed by atoms with Crippen molar-refractivity contribution in [2.45, 2.75) is 33.1 Å². The van der Waals surface area contributed by atoms with Crippen molar-refractivity contribution in [1.82, 2.24) is 4.90 Å². The van der Waals surface area contributed by atoms with E-state index in [0.717, 1.165) is 30.4 Å². The summed E-state index contributed by atoms with van der Waals surface area (Å²) in [6.45, 7) is 5.55. The number of allylic oxidation sites excluding steroid dienone is 1. The highest BCUT2D eigenvalue weighted by atomic mass is 16.6. The molecule has 4 nitrogen and oxygen atoms in total. The summed E-state index contributed by atoms with van der Waals surface area (Å²) in [5, 5.41) is 8.75. The van der Waals surface area contributed by atoms with Gasteiger partial charge < -0.3 is 9.64 Å². The van der Waals surface area contributed by atoms with E-state index < -0.39 is 0 Å². The van der Waals surface area contributed by atoms with E-state index in [4.69, 9.17) is 10.00 Å².